The molecule has 1 N–H and O–H groups in total. The summed E-state index contributed by atoms with van der Waals surface area (Å²) in [6, 6.07) is 15.7. The lowest BCUT2D eigenvalue weighted by Crippen LogP contribution is -2.51. The first-order chi connectivity index (χ1) is 13.8. The molecule has 0 heterocycles. The predicted octanol–water partition coefficient (Wildman–Crippen LogP) is 4.57. The molecule has 0 aromatic heterocycles. The largest absolute Gasteiger partial charge is 0.352 e. The van der Waals surface area contributed by atoms with Crippen LogP contribution in [-0.2, 0) is 22.6 Å². The number of nitrogens with zero attached hydrogens (tertiary/aromatic N) is 1. The Bertz CT molecular complexity index is 814. The van der Waals surface area contributed by atoms with Crippen LogP contribution in [-0.4, -0.2) is 28.8 Å². The van der Waals surface area contributed by atoms with Crippen molar-refractivity contribution in [3.8, 4) is 0 Å². The molecule has 4 nitrogen and oxygen atoms in total. The molecule has 2 aromatic carbocycles. The van der Waals surface area contributed by atoms with E-state index in [-0.39, 0.29) is 17.9 Å². The molecule has 0 aliphatic rings. The number of rotatable bonds is 9. The Balaban J connectivity index is 2.28. The number of nitrogens with one attached hydrogen (secondary N) is 1. The van der Waals surface area contributed by atoms with Gasteiger partial charge in [-0.15, -0.1) is 0 Å². The maximum atomic E-state index is 13.3. The molecule has 2 aromatic rings. The highest BCUT2D eigenvalue weighted by Gasteiger charge is 2.29. The highest BCUT2D eigenvalue weighted by atomic mass is 16.2. The topological polar surface area (TPSA) is 49.4 Å². The average molecular weight is 395 g/mol. The minimum Gasteiger partial charge on any atom is -0.352 e. The van der Waals surface area contributed by atoms with Gasteiger partial charge in [0.05, 0.1) is 6.42 Å². The van der Waals surface area contributed by atoms with Crippen LogP contribution in [0.2, 0.25) is 0 Å². The van der Waals surface area contributed by atoms with Gasteiger partial charge in [0.25, 0.3) is 0 Å². The maximum Gasteiger partial charge on any atom is 0.243 e. The Morgan fingerprint density at radius 2 is 1.62 bits per heavy atom. The summed E-state index contributed by atoms with van der Waals surface area (Å²) >= 11 is 0. The van der Waals surface area contributed by atoms with Gasteiger partial charge in [0.1, 0.15) is 6.04 Å². The lowest BCUT2D eigenvalue weighted by Gasteiger charge is -2.31. The lowest BCUT2D eigenvalue weighted by atomic mass is 10.0. The van der Waals surface area contributed by atoms with Crippen molar-refractivity contribution in [3.63, 3.8) is 0 Å². The summed E-state index contributed by atoms with van der Waals surface area (Å²) in [6.45, 7) is 10.5. The Hall–Kier alpha value is -2.62. The highest BCUT2D eigenvalue weighted by molar-refractivity contribution is 5.88. The smallest absolute Gasteiger partial charge is 0.243 e. The zero-order valence-corrected chi connectivity index (χ0v) is 18.4. The van der Waals surface area contributed by atoms with E-state index in [2.05, 4.69) is 11.4 Å². The van der Waals surface area contributed by atoms with Crippen LogP contribution < -0.4 is 5.32 Å². The van der Waals surface area contributed by atoms with Gasteiger partial charge in [-0.25, -0.2) is 0 Å². The molecule has 0 spiro atoms. The second-order valence-corrected chi connectivity index (χ2v) is 7.91. The molecular formula is C25H34N2O2. The third-order valence-electron chi connectivity index (χ3n) is 5.30. The van der Waals surface area contributed by atoms with Crippen molar-refractivity contribution in [3.05, 3.63) is 70.8 Å². The van der Waals surface area contributed by atoms with Crippen molar-refractivity contribution >= 4 is 11.8 Å². The number of hydrogen-bond donors (Lipinski definition) is 1. The summed E-state index contributed by atoms with van der Waals surface area (Å²) < 4.78 is 0. The van der Waals surface area contributed by atoms with Gasteiger partial charge in [0.2, 0.25) is 11.8 Å². The molecule has 4 heteroatoms. The molecule has 156 valence electrons. The van der Waals surface area contributed by atoms with Crippen molar-refractivity contribution in [1.82, 2.24) is 10.2 Å². The van der Waals surface area contributed by atoms with E-state index in [1.54, 1.807) is 4.90 Å². The van der Waals surface area contributed by atoms with E-state index in [1.807, 2.05) is 77.1 Å². The second kappa shape index (κ2) is 10.8. The van der Waals surface area contributed by atoms with Crippen LogP contribution in [0.4, 0.5) is 0 Å². The van der Waals surface area contributed by atoms with Gasteiger partial charge in [-0.2, -0.15) is 0 Å². The van der Waals surface area contributed by atoms with Crippen LogP contribution in [0, 0.1) is 13.8 Å². The van der Waals surface area contributed by atoms with Crippen molar-refractivity contribution < 1.29 is 9.59 Å². The third-order valence-corrected chi connectivity index (χ3v) is 5.30. The van der Waals surface area contributed by atoms with Crippen molar-refractivity contribution in [2.45, 2.75) is 72.5 Å². The zero-order chi connectivity index (χ0) is 21.4. The fourth-order valence-corrected chi connectivity index (χ4v) is 3.35. The van der Waals surface area contributed by atoms with Crippen LogP contribution in [0.3, 0.4) is 0 Å². The predicted molar refractivity (Wildman–Crippen MR) is 119 cm³/mol. The van der Waals surface area contributed by atoms with E-state index in [4.69, 9.17) is 0 Å². The molecule has 0 radical (unpaired) electrons. The molecule has 29 heavy (non-hydrogen) atoms. The van der Waals surface area contributed by atoms with E-state index in [1.165, 1.54) is 0 Å². The number of hydrogen-bond acceptors (Lipinski definition) is 2. The Morgan fingerprint density at radius 1 is 0.931 bits per heavy atom. The second-order valence-electron chi connectivity index (χ2n) is 7.91. The fraction of sp³-hybridized carbons (Fsp3) is 0.440. The van der Waals surface area contributed by atoms with Crippen LogP contribution in [0.25, 0.3) is 0 Å². The molecule has 0 aliphatic heterocycles. The minimum atomic E-state index is -0.484. The summed E-state index contributed by atoms with van der Waals surface area (Å²) in [7, 11) is 0. The molecule has 0 fully saturated rings. The van der Waals surface area contributed by atoms with Gasteiger partial charge < -0.3 is 10.2 Å². The maximum absolute atomic E-state index is 13.3. The Labute approximate surface area is 175 Å². The lowest BCUT2D eigenvalue weighted by molar-refractivity contribution is -0.141. The SMILES string of the molecule is CCC(C)NC(=O)C(CC)N(Cc1cccc(C)c1)C(=O)Cc1ccc(C)cc1. The number of benzene rings is 2. The summed E-state index contributed by atoms with van der Waals surface area (Å²) in [5, 5.41) is 3.05. The Kier molecular flexibility index (Phi) is 8.44. The number of carbonyl (C=O) groups is 2. The molecule has 0 saturated carbocycles. The van der Waals surface area contributed by atoms with Gasteiger partial charge in [-0.05, 0) is 44.7 Å². The van der Waals surface area contributed by atoms with Crippen LogP contribution >= 0.6 is 0 Å². The standard InChI is InChI=1S/C25H34N2O2/c1-6-20(5)26-25(29)23(7-2)27(17-22-10-8-9-19(4)15-22)24(28)16-21-13-11-18(3)12-14-21/h8-15,20,23H,6-7,16-17H2,1-5H3,(H,26,29). The normalized spacial score (nSPS) is 12.9. The van der Waals surface area contributed by atoms with Crippen molar-refractivity contribution in [1.29, 1.82) is 0 Å². The number of carbonyl (C=O) groups excluding carboxylic acids is 2. The van der Waals surface area contributed by atoms with Gasteiger partial charge in [0.15, 0.2) is 0 Å². The number of aryl methyl sites for hydroxylation is 2. The van der Waals surface area contributed by atoms with Gasteiger partial charge in [-0.3, -0.25) is 9.59 Å². The molecule has 0 aliphatic carbocycles. The van der Waals surface area contributed by atoms with Crippen LogP contribution in [0.15, 0.2) is 48.5 Å². The van der Waals surface area contributed by atoms with E-state index in [9.17, 15) is 9.59 Å². The first kappa shape index (κ1) is 22.7. The number of amides is 2. The molecule has 2 rings (SSSR count). The Morgan fingerprint density at radius 3 is 2.21 bits per heavy atom. The summed E-state index contributed by atoms with van der Waals surface area (Å²) in [6.07, 6.45) is 1.73. The first-order valence-corrected chi connectivity index (χ1v) is 10.5. The van der Waals surface area contributed by atoms with Gasteiger partial charge >= 0.3 is 0 Å². The fourth-order valence-electron chi connectivity index (χ4n) is 3.35. The highest BCUT2D eigenvalue weighted by Crippen LogP contribution is 2.16. The summed E-state index contributed by atoms with van der Waals surface area (Å²) in [5.41, 5.74) is 4.31. The zero-order valence-electron chi connectivity index (χ0n) is 18.4. The summed E-state index contributed by atoms with van der Waals surface area (Å²) in [5.74, 6) is -0.103. The summed E-state index contributed by atoms with van der Waals surface area (Å²) in [4.78, 5) is 28.0. The van der Waals surface area contributed by atoms with Gasteiger partial charge in [0, 0.05) is 12.6 Å². The first-order valence-electron chi connectivity index (χ1n) is 10.5. The minimum absolute atomic E-state index is 0.0264. The quantitative estimate of drug-likeness (QED) is 0.677. The van der Waals surface area contributed by atoms with Crippen molar-refractivity contribution in [2.24, 2.45) is 0 Å². The van der Waals surface area contributed by atoms with Crippen molar-refractivity contribution in [2.75, 3.05) is 0 Å². The van der Waals surface area contributed by atoms with E-state index >= 15 is 0 Å². The van der Waals surface area contributed by atoms with E-state index in [0.717, 1.165) is 28.7 Å². The molecule has 2 unspecified atom stereocenters. The third kappa shape index (κ3) is 6.74. The molecule has 0 saturated heterocycles. The van der Waals surface area contributed by atoms with Gasteiger partial charge in [-0.1, -0.05) is 73.5 Å². The van der Waals surface area contributed by atoms with Crippen LogP contribution in [0.1, 0.15) is 55.9 Å². The average Bonchev–Trinajstić information content (AvgIpc) is 2.69. The van der Waals surface area contributed by atoms with Crippen LogP contribution in [0.5, 0.6) is 0 Å². The molecule has 2 amide bonds. The molecular weight excluding hydrogens is 360 g/mol. The van der Waals surface area contributed by atoms with E-state index in [0.29, 0.717) is 19.4 Å². The van der Waals surface area contributed by atoms with E-state index < -0.39 is 6.04 Å². The molecule has 0 bridgehead atoms. The monoisotopic (exact) mass is 394 g/mol. The molecule has 2 atom stereocenters.